The number of carbonyl (C=O) groups excluding carboxylic acids is 2. The maximum atomic E-state index is 13.5. The highest BCUT2D eigenvalue weighted by molar-refractivity contribution is 6.02. The molecule has 9 heteroatoms. The molecule has 0 aliphatic rings. The molecule has 0 radical (unpaired) electrons. The van der Waals surface area contributed by atoms with Crippen molar-refractivity contribution in [2.75, 3.05) is 17.2 Å². The number of carbonyl (C=O) groups is 2. The summed E-state index contributed by atoms with van der Waals surface area (Å²) >= 11 is 0. The third-order valence-electron chi connectivity index (χ3n) is 4.29. The molecule has 31 heavy (non-hydrogen) atoms. The van der Waals surface area contributed by atoms with Gasteiger partial charge in [0.25, 0.3) is 11.8 Å². The Hall–Kier alpha value is -3.75. The first-order valence-electron chi connectivity index (χ1n) is 9.19. The lowest BCUT2D eigenvalue weighted by molar-refractivity contribution is -0.137. The molecule has 2 N–H and O–H groups in total. The fourth-order valence-corrected chi connectivity index (χ4v) is 2.86. The minimum Gasteiger partial charge on any atom is -0.483 e. The van der Waals surface area contributed by atoms with E-state index in [0.29, 0.717) is 5.75 Å². The summed E-state index contributed by atoms with van der Waals surface area (Å²) in [6.07, 6.45) is -3.49. The minimum atomic E-state index is -4.76. The number of alkyl halides is 3. The second kappa shape index (κ2) is 8.95. The number of halogens is 3. The maximum Gasteiger partial charge on any atom is 0.418 e. The highest BCUT2D eigenvalue weighted by Gasteiger charge is 2.34. The van der Waals surface area contributed by atoms with E-state index in [1.54, 1.807) is 19.1 Å². The van der Waals surface area contributed by atoms with Crippen LogP contribution >= 0.6 is 0 Å². The predicted molar refractivity (Wildman–Crippen MR) is 108 cm³/mol. The number of hydrogen-bond acceptors (Lipinski definition) is 4. The Morgan fingerprint density at radius 1 is 1.03 bits per heavy atom. The van der Waals surface area contributed by atoms with Crippen molar-refractivity contribution in [3.8, 4) is 5.75 Å². The Bertz CT molecular complexity index is 1090. The summed E-state index contributed by atoms with van der Waals surface area (Å²) in [5.41, 5.74) is 0.171. The molecule has 1 heterocycles. The molecule has 0 saturated carbocycles. The summed E-state index contributed by atoms with van der Waals surface area (Å²) in [4.78, 5) is 24.2. The SMILES string of the molecule is Cc1ccc(OCC(=O)Nc2ccc(NC(=O)c3ccco3)cc2C(F)(F)F)c(C)c1. The Morgan fingerprint density at radius 3 is 2.45 bits per heavy atom. The number of ether oxygens (including phenoxy) is 1. The molecule has 0 saturated heterocycles. The van der Waals surface area contributed by atoms with Crippen molar-refractivity contribution in [3.05, 3.63) is 77.2 Å². The van der Waals surface area contributed by atoms with Gasteiger partial charge in [0.2, 0.25) is 0 Å². The largest absolute Gasteiger partial charge is 0.483 e. The third-order valence-corrected chi connectivity index (χ3v) is 4.29. The van der Waals surface area contributed by atoms with Gasteiger partial charge in [-0.1, -0.05) is 17.7 Å². The van der Waals surface area contributed by atoms with E-state index in [2.05, 4.69) is 10.6 Å². The van der Waals surface area contributed by atoms with E-state index in [1.807, 2.05) is 13.0 Å². The Balaban J connectivity index is 1.72. The van der Waals surface area contributed by atoms with Gasteiger partial charge in [0.1, 0.15) is 5.75 Å². The van der Waals surface area contributed by atoms with Crippen LogP contribution in [0.5, 0.6) is 5.75 Å². The fourth-order valence-electron chi connectivity index (χ4n) is 2.86. The first kappa shape index (κ1) is 21.9. The second-order valence-electron chi connectivity index (χ2n) is 6.80. The van der Waals surface area contributed by atoms with Gasteiger partial charge in [-0.05, 0) is 55.8 Å². The number of anilines is 2. The lowest BCUT2D eigenvalue weighted by Gasteiger charge is -2.16. The van der Waals surface area contributed by atoms with Gasteiger partial charge in [-0.25, -0.2) is 0 Å². The van der Waals surface area contributed by atoms with E-state index >= 15 is 0 Å². The van der Waals surface area contributed by atoms with Crippen LogP contribution in [-0.2, 0) is 11.0 Å². The van der Waals surface area contributed by atoms with Gasteiger partial charge in [0, 0.05) is 5.69 Å². The van der Waals surface area contributed by atoms with Crippen molar-refractivity contribution >= 4 is 23.2 Å². The minimum absolute atomic E-state index is 0.0468. The molecule has 0 fully saturated rings. The summed E-state index contributed by atoms with van der Waals surface area (Å²) < 4.78 is 50.9. The molecule has 1 aromatic heterocycles. The molecule has 0 bridgehead atoms. The molecule has 0 spiro atoms. The van der Waals surface area contributed by atoms with Crippen LogP contribution < -0.4 is 15.4 Å². The van der Waals surface area contributed by atoms with Crippen molar-refractivity contribution in [1.29, 1.82) is 0 Å². The van der Waals surface area contributed by atoms with Gasteiger partial charge in [-0.15, -0.1) is 0 Å². The van der Waals surface area contributed by atoms with Crippen molar-refractivity contribution in [2.24, 2.45) is 0 Å². The fraction of sp³-hybridized carbons (Fsp3) is 0.182. The number of rotatable bonds is 6. The average Bonchev–Trinajstić information content (AvgIpc) is 3.22. The number of benzene rings is 2. The maximum absolute atomic E-state index is 13.5. The molecular formula is C22H19F3N2O4. The van der Waals surface area contributed by atoms with Crippen LogP contribution in [0.15, 0.2) is 59.2 Å². The zero-order valence-electron chi connectivity index (χ0n) is 16.7. The van der Waals surface area contributed by atoms with Crippen molar-refractivity contribution < 1.29 is 31.9 Å². The van der Waals surface area contributed by atoms with E-state index < -0.39 is 35.8 Å². The standard InChI is InChI=1S/C22H19F3N2O4/c1-13-5-8-18(14(2)10-13)31-12-20(28)27-17-7-6-15(11-16(17)22(23,24)25)26-21(29)19-4-3-9-30-19/h3-11H,12H2,1-2H3,(H,26,29)(H,27,28). The van der Waals surface area contributed by atoms with Crippen molar-refractivity contribution in [2.45, 2.75) is 20.0 Å². The van der Waals surface area contributed by atoms with Crippen molar-refractivity contribution in [3.63, 3.8) is 0 Å². The zero-order valence-corrected chi connectivity index (χ0v) is 16.7. The summed E-state index contributed by atoms with van der Waals surface area (Å²) in [5, 5.41) is 4.54. The first-order valence-corrected chi connectivity index (χ1v) is 9.19. The third kappa shape index (κ3) is 5.65. The quantitative estimate of drug-likeness (QED) is 0.562. The van der Waals surface area contributed by atoms with Gasteiger partial charge in [-0.2, -0.15) is 13.2 Å². The van der Waals surface area contributed by atoms with Gasteiger partial charge in [-0.3, -0.25) is 9.59 Å². The first-order chi connectivity index (χ1) is 14.6. The second-order valence-corrected chi connectivity index (χ2v) is 6.80. The van der Waals surface area contributed by atoms with Crippen LogP contribution in [0.2, 0.25) is 0 Å². The van der Waals surface area contributed by atoms with E-state index in [4.69, 9.17) is 9.15 Å². The molecule has 0 unspecified atom stereocenters. The van der Waals surface area contributed by atoms with E-state index in [9.17, 15) is 22.8 Å². The smallest absolute Gasteiger partial charge is 0.418 e. The van der Waals surface area contributed by atoms with Crippen LogP contribution in [0.4, 0.5) is 24.5 Å². The van der Waals surface area contributed by atoms with E-state index in [1.165, 1.54) is 24.5 Å². The molecule has 0 atom stereocenters. The number of aryl methyl sites for hydroxylation is 2. The van der Waals surface area contributed by atoms with Crippen LogP contribution in [0, 0.1) is 13.8 Å². The lowest BCUT2D eigenvalue weighted by Crippen LogP contribution is -2.23. The highest BCUT2D eigenvalue weighted by atomic mass is 19.4. The monoisotopic (exact) mass is 432 g/mol. The molecule has 3 aromatic rings. The van der Waals surface area contributed by atoms with Gasteiger partial charge in [0.15, 0.2) is 12.4 Å². The molecule has 6 nitrogen and oxygen atoms in total. The molecule has 0 aliphatic heterocycles. The predicted octanol–water partition coefficient (Wildman–Crippen LogP) is 5.19. The molecular weight excluding hydrogens is 413 g/mol. The normalized spacial score (nSPS) is 11.1. The number of hydrogen-bond donors (Lipinski definition) is 2. The summed E-state index contributed by atoms with van der Waals surface area (Å²) in [6, 6.07) is 11.3. The average molecular weight is 432 g/mol. The number of furan rings is 1. The van der Waals surface area contributed by atoms with Gasteiger partial charge >= 0.3 is 6.18 Å². The Labute approximate surface area is 176 Å². The molecule has 2 aromatic carbocycles. The van der Waals surface area contributed by atoms with E-state index in [0.717, 1.165) is 23.3 Å². The Kier molecular flexibility index (Phi) is 6.33. The lowest BCUT2D eigenvalue weighted by atomic mass is 10.1. The van der Waals surface area contributed by atoms with Crippen LogP contribution in [0.3, 0.4) is 0 Å². The number of amides is 2. The van der Waals surface area contributed by atoms with Crippen LogP contribution in [-0.4, -0.2) is 18.4 Å². The molecule has 162 valence electrons. The molecule has 0 aliphatic carbocycles. The zero-order chi connectivity index (χ0) is 22.6. The highest BCUT2D eigenvalue weighted by Crippen LogP contribution is 2.36. The van der Waals surface area contributed by atoms with Gasteiger partial charge in [0.05, 0.1) is 17.5 Å². The van der Waals surface area contributed by atoms with Gasteiger partial charge < -0.3 is 19.8 Å². The van der Waals surface area contributed by atoms with Crippen molar-refractivity contribution in [1.82, 2.24) is 0 Å². The topological polar surface area (TPSA) is 80.6 Å². The molecule has 2 amide bonds. The Morgan fingerprint density at radius 2 is 1.81 bits per heavy atom. The van der Waals surface area contributed by atoms with Crippen LogP contribution in [0.25, 0.3) is 0 Å². The van der Waals surface area contributed by atoms with E-state index in [-0.39, 0.29) is 11.4 Å². The summed E-state index contributed by atoms with van der Waals surface area (Å²) in [6.45, 7) is 3.25. The summed E-state index contributed by atoms with van der Waals surface area (Å²) in [7, 11) is 0. The summed E-state index contributed by atoms with van der Waals surface area (Å²) in [5.74, 6) is -1.03. The number of nitrogens with one attached hydrogen (secondary N) is 2. The van der Waals surface area contributed by atoms with Crippen LogP contribution in [0.1, 0.15) is 27.2 Å². The molecule has 3 rings (SSSR count).